The Morgan fingerprint density at radius 1 is 1.11 bits per heavy atom. The Balaban J connectivity index is 2.23. The quantitative estimate of drug-likeness (QED) is 0.611. The molecule has 3 heteroatoms. The van der Waals surface area contributed by atoms with Crippen LogP contribution in [0, 0.1) is 0 Å². The van der Waals surface area contributed by atoms with Crippen molar-refractivity contribution in [3.8, 4) is 11.5 Å². The number of halogens is 2. The Bertz CT molecular complexity index is 549. The highest BCUT2D eigenvalue weighted by molar-refractivity contribution is 9.10. The molecule has 0 amide bonds. The Morgan fingerprint density at radius 2 is 1.79 bits per heavy atom. The maximum absolute atomic E-state index is 5.92. The number of ether oxygens (including phenoxy) is 1. The van der Waals surface area contributed by atoms with Crippen molar-refractivity contribution in [3.63, 3.8) is 0 Å². The van der Waals surface area contributed by atoms with E-state index in [2.05, 4.69) is 41.9 Å². The highest BCUT2D eigenvalue weighted by Gasteiger charge is 2.06. The molecule has 0 saturated heterocycles. The summed E-state index contributed by atoms with van der Waals surface area (Å²) in [4.78, 5) is 0. The van der Waals surface area contributed by atoms with E-state index in [-0.39, 0.29) is 0 Å². The fourth-order valence-corrected chi connectivity index (χ4v) is 2.34. The summed E-state index contributed by atoms with van der Waals surface area (Å²) in [6.07, 6.45) is 0. The van der Waals surface area contributed by atoms with Gasteiger partial charge in [-0.05, 0) is 35.7 Å². The van der Waals surface area contributed by atoms with Gasteiger partial charge in [-0.1, -0.05) is 48.0 Å². The summed E-state index contributed by atoms with van der Waals surface area (Å²) in [7, 11) is 0. The minimum Gasteiger partial charge on any atom is -0.457 e. The summed E-state index contributed by atoms with van der Waals surface area (Å²) in [5.41, 5.74) is 2.29. The van der Waals surface area contributed by atoms with Crippen LogP contribution in [-0.2, 0) is 5.88 Å². The molecule has 0 heterocycles. The Kier molecular flexibility index (Phi) is 4.89. The van der Waals surface area contributed by atoms with Crippen molar-refractivity contribution >= 4 is 27.5 Å². The molecule has 0 aliphatic rings. The van der Waals surface area contributed by atoms with Crippen LogP contribution in [0.1, 0.15) is 30.9 Å². The third-order valence-corrected chi connectivity index (χ3v) is 3.73. The molecule has 2 aromatic carbocycles. The largest absolute Gasteiger partial charge is 0.457 e. The van der Waals surface area contributed by atoms with Crippen molar-refractivity contribution in [2.24, 2.45) is 0 Å². The first-order valence-electron chi connectivity index (χ1n) is 6.22. The lowest BCUT2D eigenvalue weighted by Gasteiger charge is -2.11. The summed E-state index contributed by atoms with van der Waals surface area (Å²) in [6.45, 7) is 4.35. The van der Waals surface area contributed by atoms with Crippen molar-refractivity contribution < 1.29 is 4.74 Å². The zero-order valence-corrected chi connectivity index (χ0v) is 13.3. The second-order valence-corrected chi connectivity index (χ2v) is 5.89. The van der Waals surface area contributed by atoms with Gasteiger partial charge < -0.3 is 4.74 Å². The molecule has 0 unspecified atom stereocenters. The fourth-order valence-electron chi connectivity index (χ4n) is 1.78. The highest BCUT2D eigenvalue weighted by Crippen LogP contribution is 2.30. The topological polar surface area (TPSA) is 9.23 Å². The predicted molar refractivity (Wildman–Crippen MR) is 84.3 cm³/mol. The maximum Gasteiger partial charge on any atom is 0.132 e. The van der Waals surface area contributed by atoms with Crippen LogP contribution in [-0.4, -0.2) is 0 Å². The summed E-state index contributed by atoms with van der Waals surface area (Å²) in [6, 6.07) is 14.1. The molecule has 0 atom stereocenters. The van der Waals surface area contributed by atoms with E-state index in [0.717, 1.165) is 21.5 Å². The molecule has 0 fully saturated rings. The standard InChI is InChI=1S/C16H16BrClO/c1-11(2)12-4-7-15(8-5-12)19-16-9-14(17)6-3-13(16)10-18/h3-9,11H,10H2,1-2H3. The van der Waals surface area contributed by atoms with Gasteiger partial charge in [-0.2, -0.15) is 0 Å². The van der Waals surface area contributed by atoms with E-state index >= 15 is 0 Å². The maximum atomic E-state index is 5.92. The number of rotatable bonds is 4. The first-order valence-corrected chi connectivity index (χ1v) is 7.55. The number of benzene rings is 2. The molecule has 2 aromatic rings. The van der Waals surface area contributed by atoms with Crippen LogP contribution in [0.5, 0.6) is 11.5 Å². The van der Waals surface area contributed by atoms with Crippen LogP contribution >= 0.6 is 27.5 Å². The Labute approximate surface area is 127 Å². The smallest absolute Gasteiger partial charge is 0.132 e. The summed E-state index contributed by atoms with van der Waals surface area (Å²) >= 11 is 9.37. The summed E-state index contributed by atoms with van der Waals surface area (Å²) in [5.74, 6) is 2.58. The van der Waals surface area contributed by atoms with Gasteiger partial charge in [0.15, 0.2) is 0 Å². The van der Waals surface area contributed by atoms with Gasteiger partial charge in [0.25, 0.3) is 0 Å². The van der Waals surface area contributed by atoms with E-state index in [1.165, 1.54) is 5.56 Å². The predicted octanol–water partition coefficient (Wildman–Crippen LogP) is 6.10. The van der Waals surface area contributed by atoms with Gasteiger partial charge in [0, 0.05) is 10.0 Å². The van der Waals surface area contributed by atoms with E-state index in [0.29, 0.717) is 11.8 Å². The zero-order valence-electron chi connectivity index (χ0n) is 11.0. The van der Waals surface area contributed by atoms with E-state index in [1.54, 1.807) is 0 Å². The number of alkyl halides is 1. The lowest BCUT2D eigenvalue weighted by Crippen LogP contribution is -1.91. The molecule has 0 radical (unpaired) electrons. The average Bonchev–Trinajstić information content (AvgIpc) is 2.39. The molecule has 19 heavy (non-hydrogen) atoms. The van der Waals surface area contributed by atoms with Crippen molar-refractivity contribution in [1.82, 2.24) is 0 Å². The van der Waals surface area contributed by atoms with Crippen molar-refractivity contribution in [1.29, 1.82) is 0 Å². The molecule has 2 rings (SSSR count). The third kappa shape index (κ3) is 3.74. The number of hydrogen-bond acceptors (Lipinski definition) is 1. The second kappa shape index (κ2) is 6.44. The van der Waals surface area contributed by atoms with Crippen molar-refractivity contribution in [3.05, 3.63) is 58.1 Å². The third-order valence-electron chi connectivity index (χ3n) is 2.95. The minimum atomic E-state index is 0.437. The van der Waals surface area contributed by atoms with E-state index < -0.39 is 0 Å². The first-order chi connectivity index (χ1) is 9.10. The monoisotopic (exact) mass is 338 g/mol. The molecule has 0 saturated carbocycles. The molecule has 0 aromatic heterocycles. The van der Waals surface area contributed by atoms with Gasteiger partial charge in [0.1, 0.15) is 11.5 Å². The van der Waals surface area contributed by atoms with E-state index in [4.69, 9.17) is 16.3 Å². The normalized spacial score (nSPS) is 10.8. The molecule has 0 bridgehead atoms. The molecule has 0 aliphatic carbocycles. The molecule has 100 valence electrons. The zero-order chi connectivity index (χ0) is 13.8. The van der Waals surface area contributed by atoms with Crippen molar-refractivity contribution in [2.45, 2.75) is 25.6 Å². The van der Waals surface area contributed by atoms with Gasteiger partial charge in [-0.15, -0.1) is 11.6 Å². The molecule has 0 N–H and O–H groups in total. The van der Waals surface area contributed by atoms with Crippen LogP contribution in [0.15, 0.2) is 46.9 Å². The second-order valence-electron chi connectivity index (χ2n) is 4.71. The van der Waals surface area contributed by atoms with Crippen LogP contribution in [0.25, 0.3) is 0 Å². The van der Waals surface area contributed by atoms with Gasteiger partial charge in [0.05, 0.1) is 5.88 Å². The van der Waals surface area contributed by atoms with Gasteiger partial charge in [-0.25, -0.2) is 0 Å². The molecular weight excluding hydrogens is 324 g/mol. The van der Waals surface area contributed by atoms with Crippen LogP contribution in [0.3, 0.4) is 0 Å². The SMILES string of the molecule is CC(C)c1ccc(Oc2cc(Br)ccc2CCl)cc1. The molecule has 0 aliphatic heterocycles. The Hall–Kier alpha value is -0.990. The van der Waals surface area contributed by atoms with Crippen LogP contribution in [0.2, 0.25) is 0 Å². The van der Waals surface area contributed by atoms with Crippen LogP contribution < -0.4 is 4.74 Å². The van der Waals surface area contributed by atoms with E-state index in [1.807, 2.05) is 30.3 Å². The highest BCUT2D eigenvalue weighted by atomic mass is 79.9. The lowest BCUT2D eigenvalue weighted by molar-refractivity contribution is 0.477. The molecule has 1 nitrogen and oxygen atoms in total. The summed E-state index contributed by atoms with van der Waals surface area (Å²) < 4.78 is 6.88. The first kappa shape index (κ1) is 14.4. The van der Waals surface area contributed by atoms with Gasteiger partial charge in [0.2, 0.25) is 0 Å². The van der Waals surface area contributed by atoms with Crippen molar-refractivity contribution in [2.75, 3.05) is 0 Å². The average molecular weight is 340 g/mol. The summed E-state index contributed by atoms with van der Waals surface area (Å²) in [5, 5.41) is 0. The minimum absolute atomic E-state index is 0.437. The molecule has 0 spiro atoms. The van der Waals surface area contributed by atoms with E-state index in [9.17, 15) is 0 Å². The molecular formula is C16H16BrClO. The van der Waals surface area contributed by atoms with Crippen LogP contribution in [0.4, 0.5) is 0 Å². The Morgan fingerprint density at radius 3 is 2.37 bits per heavy atom. The van der Waals surface area contributed by atoms with Gasteiger partial charge in [-0.3, -0.25) is 0 Å². The lowest BCUT2D eigenvalue weighted by atomic mass is 10.0. The fraction of sp³-hybridized carbons (Fsp3) is 0.250. The van der Waals surface area contributed by atoms with Gasteiger partial charge >= 0.3 is 0 Å². The number of hydrogen-bond donors (Lipinski definition) is 0.